The van der Waals surface area contributed by atoms with E-state index in [2.05, 4.69) is 14.9 Å². The summed E-state index contributed by atoms with van der Waals surface area (Å²) in [6.07, 6.45) is 3.20. The van der Waals surface area contributed by atoms with Crippen molar-refractivity contribution in [3.63, 3.8) is 0 Å². The Labute approximate surface area is 134 Å². The first-order valence-corrected chi connectivity index (χ1v) is 7.67. The van der Waals surface area contributed by atoms with Crippen molar-refractivity contribution in [3.05, 3.63) is 53.3 Å². The third kappa shape index (κ3) is 3.55. The van der Waals surface area contributed by atoms with Crippen LogP contribution < -0.4 is 4.90 Å². The summed E-state index contributed by atoms with van der Waals surface area (Å²) >= 11 is 5.84. The van der Waals surface area contributed by atoms with Crippen molar-refractivity contribution in [2.45, 2.75) is 18.6 Å². The summed E-state index contributed by atoms with van der Waals surface area (Å²) in [4.78, 5) is 10.6. The summed E-state index contributed by atoms with van der Waals surface area (Å²) < 4.78 is 5.56. The Balaban J connectivity index is 1.74. The smallest absolute Gasteiger partial charge is 0.225 e. The molecular weight excluding hydrogens is 302 g/mol. The van der Waals surface area contributed by atoms with E-state index in [1.165, 1.54) is 0 Å². The zero-order valence-corrected chi connectivity index (χ0v) is 12.9. The molecule has 0 radical (unpaired) electrons. The van der Waals surface area contributed by atoms with Crippen LogP contribution in [-0.2, 0) is 4.74 Å². The number of rotatable bonds is 4. The lowest BCUT2D eigenvalue weighted by atomic mass is 10.0. The first-order valence-electron chi connectivity index (χ1n) is 7.29. The highest BCUT2D eigenvalue weighted by Gasteiger charge is 2.27. The van der Waals surface area contributed by atoms with Gasteiger partial charge in [-0.05, 0) is 5.56 Å². The number of nitrogens with zero attached hydrogens (tertiary/aromatic N) is 3. The number of ether oxygens (including phenoxy) is 1. The number of anilines is 1. The van der Waals surface area contributed by atoms with Crippen LogP contribution in [0.1, 0.15) is 18.1 Å². The van der Waals surface area contributed by atoms with E-state index in [0.717, 1.165) is 5.56 Å². The van der Waals surface area contributed by atoms with Gasteiger partial charge in [0.2, 0.25) is 5.95 Å². The minimum atomic E-state index is -0.539. The fraction of sp³-hybridized carbons (Fsp3) is 0.375. The Kier molecular flexibility index (Phi) is 4.87. The first-order chi connectivity index (χ1) is 10.7. The van der Waals surface area contributed by atoms with Gasteiger partial charge in [0.25, 0.3) is 0 Å². The average Bonchev–Trinajstić information content (AvgIpc) is 2.57. The molecule has 1 aromatic carbocycles. The lowest BCUT2D eigenvalue weighted by Gasteiger charge is -2.36. The molecule has 0 bridgehead atoms. The summed E-state index contributed by atoms with van der Waals surface area (Å²) in [6, 6.07) is 9.68. The monoisotopic (exact) mass is 319 g/mol. The van der Waals surface area contributed by atoms with Gasteiger partial charge in [-0.1, -0.05) is 41.9 Å². The SMILES string of the molecule is O[C@H](C[C@@H]1COCCN1c1ncc(Cl)cn1)c1ccccc1. The van der Waals surface area contributed by atoms with Crippen LogP contribution in [0.15, 0.2) is 42.7 Å². The summed E-state index contributed by atoms with van der Waals surface area (Å²) in [5.74, 6) is 0.623. The Morgan fingerprint density at radius 2 is 2.00 bits per heavy atom. The van der Waals surface area contributed by atoms with E-state index in [1.54, 1.807) is 12.4 Å². The zero-order valence-electron chi connectivity index (χ0n) is 12.1. The number of morpholine rings is 1. The number of hydrogen-bond donors (Lipinski definition) is 1. The van der Waals surface area contributed by atoms with Crippen molar-refractivity contribution in [2.24, 2.45) is 0 Å². The van der Waals surface area contributed by atoms with E-state index in [0.29, 0.717) is 37.2 Å². The highest BCUT2D eigenvalue weighted by atomic mass is 35.5. The highest BCUT2D eigenvalue weighted by Crippen LogP contribution is 2.25. The maximum Gasteiger partial charge on any atom is 0.225 e. The van der Waals surface area contributed by atoms with Crippen LogP contribution in [0.5, 0.6) is 0 Å². The third-order valence-corrected chi connectivity index (χ3v) is 3.97. The van der Waals surface area contributed by atoms with Gasteiger partial charge < -0.3 is 14.7 Å². The highest BCUT2D eigenvalue weighted by molar-refractivity contribution is 6.30. The minimum absolute atomic E-state index is 0.0325. The molecular formula is C16H18ClN3O2. The average molecular weight is 320 g/mol. The minimum Gasteiger partial charge on any atom is -0.388 e. The van der Waals surface area contributed by atoms with Crippen LogP contribution in [0.3, 0.4) is 0 Å². The van der Waals surface area contributed by atoms with E-state index in [-0.39, 0.29) is 6.04 Å². The molecule has 0 aliphatic carbocycles. The van der Waals surface area contributed by atoms with Crippen LogP contribution >= 0.6 is 11.6 Å². The van der Waals surface area contributed by atoms with Crippen molar-refractivity contribution in [3.8, 4) is 0 Å². The van der Waals surface area contributed by atoms with Gasteiger partial charge in [0, 0.05) is 13.0 Å². The normalized spacial score (nSPS) is 19.9. The maximum atomic E-state index is 10.4. The first kappa shape index (κ1) is 15.2. The number of aliphatic hydroxyl groups is 1. The van der Waals surface area contributed by atoms with E-state index in [1.807, 2.05) is 30.3 Å². The molecule has 0 spiro atoms. The van der Waals surface area contributed by atoms with Gasteiger partial charge in [0.1, 0.15) is 0 Å². The van der Waals surface area contributed by atoms with E-state index in [4.69, 9.17) is 16.3 Å². The zero-order chi connectivity index (χ0) is 15.4. The molecule has 116 valence electrons. The molecule has 6 heteroatoms. The van der Waals surface area contributed by atoms with E-state index >= 15 is 0 Å². The molecule has 0 amide bonds. The van der Waals surface area contributed by atoms with Gasteiger partial charge in [-0.15, -0.1) is 0 Å². The predicted molar refractivity (Wildman–Crippen MR) is 85.0 cm³/mol. The second-order valence-electron chi connectivity index (χ2n) is 5.29. The van der Waals surface area contributed by atoms with Crippen molar-refractivity contribution in [2.75, 3.05) is 24.7 Å². The summed E-state index contributed by atoms with van der Waals surface area (Å²) in [7, 11) is 0. The van der Waals surface area contributed by atoms with Crippen molar-refractivity contribution in [1.29, 1.82) is 0 Å². The molecule has 22 heavy (non-hydrogen) atoms. The van der Waals surface area contributed by atoms with Crippen molar-refractivity contribution in [1.82, 2.24) is 9.97 Å². The summed E-state index contributed by atoms with van der Waals surface area (Å²) in [5.41, 5.74) is 0.907. The molecule has 2 heterocycles. The molecule has 2 atom stereocenters. The number of hydrogen-bond acceptors (Lipinski definition) is 5. The Hall–Kier alpha value is -1.69. The standard InChI is InChI=1S/C16H18ClN3O2/c17-13-9-18-16(19-10-13)20-6-7-22-11-14(20)8-15(21)12-4-2-1-3-5-12/h1-5,9-10,14-15,21H,6-8,11H2/t14-,15-/m1/s1. The molecule has 2 aromatic rings. The Bertz CT molecular complexity index is 594. The molecule has 1 aliphatic rings. The molecule has 3 rings (SSSR count). The number of aromatic nitrogens is 2. The summed E-state index contributed by atoms with van der Waals surface area (Å²) in [5, 5.41) is 10.9. The number of halogens is 1. The van der Waals surface area contributed by atoms with Crippen LogP contribution in [-0.4, -0.2) is 40.9 Å². The molecule has 1 saturated heterocycles. The molecule has 1 aliphatic heterocycles. The summed E-state index contributed by atoms with van der Waals surface area (Å²) in [6.45, 7) is 1.88. The van der Waals surface area contributed by atoms with Crippen molar-refractivity contribution < 1.29 is 9.84 Å². The van der Waals surface area contributed by atoms with Gasteiger partial charge >= 0.3 is 0 Å². The van der Waals surface area contributed by atoms with Gasteiger partial charge in [-0.3, -0.25) is 0 Å². The van der Waals surface area contributed by atoms with Gasteiger partial charge in [-0.25, -0.2) is 9.97 Å². The molecule has 1 N–H and O–H groups in total. The topological polar surface area (TPSA) is 58.5 Å². The Morgan fingerprint density at radius 3 is 2.73 bits per heavy atom. The van der Waals surface area contributed by atoms with Crippen molar-refractivity contribution >= 4 is 17.5 Å². The Morgan fingerprint density at radius 1 is 1.27 bits per heavy atom. The molecule has 0 unspecified atom stereocenters. The van der Waals surface area contributed by atoms with Crippen LogP contribution in [0.4, 0.5) is 5.95 Å². The maximum absolute atomic E-state index is 10.4. The number of aliphatic hydroxyl groups excluding tert-OH is 1. The van der Waals surface area contributed by atoms with E-state index < -0.39 is 6.10 Å². The van der Waals surface area contributed by atoms with Crippen LogP contribution in [0, 0.1) is 0 Å². The van der Waals surface area contributed by atoms with E-state index in [9.17, 15) is 5.11 Å². The van der Waals surface area contributed by atoms with Crippen LogP contribution in [0.2, 0.25) is 5.02 Å². The fourth-order valence-corrected chi connectivity index (χ4v) is 2.73. The van der Waals surface area contributed by atoms with Crippen LogP contribution in [0.25, 0.3) is 0 Å². The second-order valence-corrected chi connectivity index (χ2v) is 5.72. The number of benzene rings is 1. The van der Waals surface area contributed by atoms with Gasteiger partial charge in [-0.2, -0.15) is 0 Å². The molecule has 1 aromatic heterocycles. The molecule has 1 fully saturated rings. The molecule has 0 saturated carbocycles. The second kappa shape index (κ2) is 7.05. The lowest BCUT2D eigenvalue weighted by Crippen LogP contribution is -2.47. The van der Waals surface area contributed by atoms with Gasteiger partial charge in [0.15, 0.2) is 0 Å². The predicted octanol–water partition coefficient (Wildman–Crippen LogP) is 2.46. The molecule has 5 nitrogen and oxygen atoms in total. The quantitative estimate of drug-likeness (QED) is 0.938. The largest absolute Gasteiger partial charge is 0.388 e. The lowest BCUT2D eigenvalue weighted by molar-refractivity contribution is 0.0672. The van der Waals surface area contributed by atoms with Gasteiger partial charge in [0.05, 0.1) is 42.8 Å². The fourth-order valence-electron chi connectivity index (χ4n) is 2.64. The third-order valence-electron chi connectivity index (χ3n) is 3.77.